The van der Waals surface area contributed by atoms with Gasteiger partial charge in [0.15, 0.2) is 0 Å². The Bertz CT molecular complexity index is 336. The minimum Gasteiger partial charge on any atom is -0.273 e. The fourth-order valence-corrected chi connectivity index (χ4v) is 1.41. The van der Waals surface area contributed by atoms with E-state index < -0.39 is 0 Å². The zero-order valence-electron chi connectivity index (χ0n) is 10.2. The molecule has 0 radical (unpaired) electrons. The van der Waals surface area contributed by atoms with Crippen LogP contribution in [-0.4, -0.2) is 17.1 Å². The number of hydrogen-bond donors (Lipinski definition) is 0. The van der Waals surface area contributed by atoms with Gasteiger partial charge >= 0.3 is 0 Å². The zero-order valence-corrected chi connectivity index (χ0v) is 10.2. The van der Waals surface area contributed by atoms with Crippen LogP contribution in [0.1, 0.15) is 27.7 Å². The SMILES string of the molecule is CC(C)N(/N=N\c1ccc(F)cc1)C(C)C. The molecule has 0 aliphatic carbocycles. The van der Waals surface area contributed by atoms with E-state index >= 15 is 0 Å². The van der Waals surface area contributed by atoms with Crippen LogP contribution in [0.15, 0.2) is 34.6 Å². The van der Waals surface area contributed by atoms with Crippen molar-refractivity contribution in [1.29, 1.82) is 0 Å². The standard InChI is InChI=1S/C12H18FN3/c1-9(2)16(10(3)4)15-14-12-7-5-11(13)6-8-12/h5-10H,1-4H3/b15-14-. The predicted molar refractivity (Wildman–Crippen MR) is 63.0 cm³/mol. The fraction of sp³-hybridized carbons (Fsp3) is 0.500. The average molecular weight is 223 g/mol. The number of halogens is 1. The summed E-state index contributed by atoms with van der Waals surface area (Å²) < 4.78 is 12.7. The lowest BCUT2D eigenvalue weighted by molar-refractivity contribution is 0.169. The van der Waals surface area contributed by atoms with Gasteiger partial charge in [-0.2, -0.15) is 0 Å². The van der Waals surface area contributed by atoms with E-state index in [1.54, 1.807) is 12.1 Å². The Kier molecular flexibility index (Phi) is 4.40. The van der Waals surface area contributed by atoms with Crippen molar-refractivity contribution in [1.82, 2.24) is 5.01 Å². The Hall–Kier alpha value is -1.45. The summed E-state index contributed by atoms with van der Waals surface area (Å²) in [6.45, 7) is 8.24. The number of benzene rings is 1. The summed E-state index contributed by atoms with van der Waals surface area (Å²) in [4.78, 5) is 0. The van der Waals surface area contributed by atoms with Gasteiger partial charge in [0.2, 0.25) is 0 Å². The van der Waals surface area contributed by atoms with Gasteiger partial charge in [-0.15, -0.1) is 5.11 Å². The molecule has 0 unspecified atom stereocenters. The molecule has 4 heteroatoms. The van der Waals surface area contributed by atoms with Gasteiger partial charge in [-0.1, -0.05) is 5.22 Å². The van der Waals surface area contributed by atoms with E-state index in [1.807, 2.05) is 5.01 Å². The summed E-state index contributed by atoms with van der Waals surface area (Å²) >= 11 is 0. The Balaban J connectivity index is 2.74. The molecule has 16 heavy (non-hydrogen) atoms. The second-order valence-corrected chi connectivity index (χ2v) is 4.23. The van der Waals surface area contributed by atoms with Crippen molar-refractivity contribution in [3.8, 4) is 0 Å². The third-order valence-electron chi connectivity index (χ3n) is 2.15. The molecule has 0 saturated heterocycles. The topological polar surface area (TPSA) is 28.0 Å². The summed E-state index contributed by atoms with van der Waals surface area (Å²) in [6.07, 6.45) is 0. The number of hydrogen-bond acceptors (Lipinski definition) is 2. The van der Waals surface area contributed by atoms with Crippen molar-refractivity contribution >= 4 is 5.69 Å². The molecule has 0 atom stereocenters. The molecule has 0 aromatic heterocycles. The first-order valence-electron chi connectivity index (χ1n) is 5.46. The molecule has 0 spiro atoms. The van der Waals surface area contributed by atoms with E-state index in [9.17, 15) is 4.39 Å². The maximum atomic E-state index is 12.7. The lowest BCUT2D eigenvalue weighted by Crippen LogP contribution is -2.31. The predicted octanol–water partition coefficient (Wildman–Crippen LogP) is 3.94. The molecule has 1 rings (SSSR count). The van der Waals surface area contributed by atoms with E-state index in [0.29, 0.717) is 17.8 Å². The molecule has 3 nitrogen and oxygen atoms in total. The molecule has 0 bridgehead atoms. The van der Waals surface area contributed by atoms with E-state index in [-0.39, 0.29) is 5.82 Å². The van der Waals surface area contributed by atoms with Crippen molar-refractivity contribution in [2.45, 2.75) is 39.8 Å². The molecule has 0 N–H and O–H groups in total. The van der Waals surface area contributed by atoms with Crippen molar-refractivity contribution < 1.29 is 4.39 Å². The van der Waals surface area contributed by atoms with Crippen LogP contribution in [0.4, 0.5) is 10.1 Å². The third kappa shape index (κ3) is 3.61. The lowest BCUT2D eigenvalue weighted by Gasteiger charge is -2.25. The van der Waals surface area contributed by atoms with Crippen LogP contribution in [0.25, 0.3) is 0 Å². The Labute approximate surface area is 96.0 Å². The van der Waals surface area contributed by atoms with Gasteiger partial charge in [0.05, 0.1) is 5.69 Å². The molecule has 0 aliphatic rings. The molecule has 0 heterocycles. The van der Waals surface area contributed by atoms with Gasteiger partial charge in [0.25, 0.3) is 0 Å². The van der Waals surface area contributed by atoms with Gasteiger partial charge in [0, 0.05) is 12.1 Å². The van der Waals surface area contributed by atoms with Crippen LogP contribution in [-0.2, 0) is 0 Å². The minimum atomic E-state index is -0.261. The Morgan fingerprint density at radius 1 is 1.00 bits per heavy atom. The summed E-state index contributed by atoms with van der Waals surface area (Å²) in [5, 5.41) is 10.1. The van der Waals surface area contributed by atoms with Crippen molar-refractivity contribution in [2.24, 2.45) is 10.3 Å². The molecule has 88 valence electrons. The van der Waals surface area contributed by atoms with Crippen molar-refractivity contribution in [3.63, 3.8) is 0 Å². The third-order valence-corrected chi connectivity index (χ3v) is 2.15. The normalized spacial score (nSPS) is 11.7. The van der Waals surface area contributed by atoms with E-state index in [1.165, 1.54) is 12.1 Å². The maximum absolute atomic E-state index is 12.7. The van der Waals surface area contributed by atoms with Gasteiger partial charge < -0.3 is 0 Å². The Morgan fingerprint density at radius 3 is 1.94 bits per heavy atom. The van der Waals surface area contributed by atoms with E-state index in [0.717, 1.165) is 0 Å². The highest BCUT2D eigenvalue weighted by molar-refractivity contribution is 5.35. The van der Waals surface area contributed by atoms with Gasteiger partial charge in [0.1, 0.15) is 5.82 Å². The highest BCUT2D eigenvalue weighted by Crippen LogP contribution is 2.15. The number of rotatable bonds is 4. The quantitative estimate of drug-likeness (QED) is 0.561. The highest BCUT2D eigenvalue weighted by Gasteiger charge is 2.10. The second-order valence-electron chi connectivity index (χ2n) is 4.23. The summed E-state index contributed by atoms with van der Waals surface area (Å²) in [7, 11) is 0. The molecule has 1 aromatic rings. The Morgan fingerprint density at radius 2 is 1.50 bits per heavy atom. The first kappa shape index (κ1) is 12.6. The maximum Gasteiger partial charge on any atom is 0.123 e. The largest absolute Gasteiger partial charge is 0.273 e. The minimum absolute atomic E-state index is 0.261. The van der Waals surface area contributed by atoms with Crippen LogP contribution in [0, 0.1) is 5.82 Å². The van der Waals surface area contributed by atoms with Crippen molar-refractivity contribution in [2.75, 3.05) is 0 Å². The summed E-state index contributed by atoms with van der Waals surface area (Å²) in [5.74, 6) is -0.261. The molecule has 0 saturated carbocycles. The van der Waals surface area contributed by atoms with Crippen molar-refractivity contribution in [3.05, 3.63) is 30.1 Å². The first-order valence-corrected chi connectivity index (χ1v) is 5.46. The number of nitrogens with zero attached hydrogens (tertiary/aromatic N) is 3. The van der Waals surface area contributed by atoms with E-state index in [4.69, 9.17) is 0 Å². The van der Waals surface area contributed by atoms with Gasteiger partial charge in [-0.25, -0.2) is 4.39 Å². The van der Waals surface area contributed by atoms with Gasteiger partial charge in [-0.05, 0) is 52.0 Å². The zero-order chi connectivity index (χ0) is 12.1. The highest BCUT2D eigenvalue weighted by atomic mass is 19.1. The lowest BCUT2D eigenvalue weighted by atomic mass is 10.3. The molecule has 0 fully saturated rings. The molecule has 0 amide bonds. The summed E-state index contributed by atoms with van der Waals surface area (Å²) in [5.41, 5.74) is 0.660. The van der Waals surface area contributed by atoms with E-state index in [2.05, 4.69) is 38.0 Å². The first-order chi connectivity index (χ1) is 7.50. The molecular weight excluding hydrogens is 205 g/mol. The second kappa shape index (κ2) is 5.58. The fourth-order valence-electron chi connectivity index (χ4n) is 1.41. The van der Waals surface area contributed by atoms with Crippen LogP contribution >= 0.6 is 0 Å². The molecule has 0 aliphatic heterocycles. The average Bonchev–Trinajstić information content (AvgIpc) is 2.20. The van der Waals surface area contributed by atoms with Crippen LogP contribution in [0.2, 0.25) is 0 Å². The van der Waals surface area contributed by atoms with Crippen LogP contribution < -0.4 is 0 Å². The van der Waals surface area contributed by atoms with Gasteiger partial charge in [-0.3, -0.25) is 5.01 Å². The smallest absolute Gasteiger partial charge is 0.123 e. The van der Waals surface area contributed by atoms with Crippen LogP contribution in [0.5, 0.6) is 0 Å². The molecule has 1 aromatic carbocycles. The summed E-state index contributed by atoms with van der Waals surface area (Å²) in [6, 6.07) is 6.57. The molecular formula is C12H18FN3. The monoisotopic (exact) mass is 223 g/mol. The van der Waals surface area contributed by atoms with Crippen LogP contribution in [0.3, 0.4) is 0 Å².